The largest absolute Gasteiger partial charge is 0.365 e. The highest BCUT2D eigenvalue weighted by Gasteiger charge is 2.08. The first-order chi connectivity index (χ1) is 7.61. The molecule has 84 valence electrons. The van der Waals surface area contributed by atoms with Crippen LogP contribution in [0.5, 0.6) is 0 Å². The molecule has 0 aliphatic carbocycles. The first-order valence-electron chi connectivity index (χ1n) is 5.33. The number of thiazole rings is 1. The maximum Gasteiger partial charge on any atom is 0.182 e. The summed E-state index contributed by atoms with van der Waals surface area (Å²) in [6, 6.07) is 4.45. The minimum absolute atomic E-state index is 0.965. The molecule has 1 N–H and O–H groups in total. The van der Waals surface area contributed by atoms with Crippen molar-refractivity contribution in [1.82, 2.24) is 4.98 Å². The zero-order chi connectivity index (χ0) is 11.7. The van der Waals surface area contributed by atoms with Crippen LogP contribution in [0.3, 0.4) is 0 Å². The van der Waals surface area contributed by atoms with Gasteiger partial charge in [-0.05, 0) is 43.5 Å². The smallest absolute Gasteiger partial charge is 0.182 e. The van der Waals surface area contributed by atoms with Crippen LogP contribution in [0.2, 0.25) is 0 Å². The van der Waals surface area contributed by atoms with Gasteiger partial charge in [-0.2, -0.15) is 0 Å². The lowest BCUT2D eigenvalue weighted by molar-refractivity contribution is 1.28. The summed E-state index contributed by atoms with van der Waals surface area (Å²) in [7, 11) is 1.90. The van der Waals surface area contributed by atoms with E-state index in [1.54, 1.807) is 11.3 Å². The van der Waals surface area contributed by atoms with E-state index >= 15 is 0 Å². The second-order valence-corrected chi connectivity index (χ2v) is 4.90. The van der Waals surface area contributed by atoms with Crippen molar-refractivity contribution in [1.29, 1.82) is 0 Å². The second kappa shape index (κ2) is 4.26. The van der Waals surface area contributed by atoms with Gasteiger partial charge in [-0.25, -0.2) is 4.98 Å². The number of aromatic nitrogens is 1. The summed E-state index contributed by atoms with van der Waals surface area (Å²) < 4.78 is 0. The fraction of sp³-hybridized carbons (Fsp3) is 0.308. The Bertz CT molecular complexity index is 515. The van der Waals surface area contributed by atoms with Gasteiger partial charge < -0.3 is 5.32 Å². The minimum atomic E-state index is 0.965. The molecule has 0 saturated carbocycles. The van der Waals surface area contributed by atoms with E-state index in [1.165, 1.54) is 22.3 Å². The minimum Gasteiger partial charge on any atom is -0.365 e. The van der Waals surface area contributed by atoms with Gasteiger partial charge in [0.05, 0.1) is 5.69 Å². The van der Waals surface area contributed by atoms with Crippen molar-refractivity contribution in [3.63, 3.8) is 0 Å². The van der Waals surface area contributed by atoms with Gasteiger partial charge in [-0.1, -0.05) is 6.07 Å². The molecule has 0 spiro atoms. The fourth-order valence-corrected chi connectivity index (χ4v) is 2.42. The average molecular weight is 232 g/mol. The van der Waals surface area contributed by atoms with E-state index < -0.39 is 0 Å². The molecule has 1 heterocycles. The third-order valence-corrected chi connectivity index (χ3v) is 3.69. The average Bonchev–Trinajstić information content (AvgIpc) is 2.71. The Morgan fingerprint density at radius 3 is 2.38 bits per heavy atom. The van der Waals surface area contributed by atoms with Gasteiger partial charge in [-0.3, -0.25) is 0 Å². The number of hydrogen-bond acceptors (Lipinski definition) is 3. The molecule has 0 unspecified atom stereocenters. The van der Waals surface area contributed by atoms with Gasteiger partial charge in [0.15, 0.2) is 5.13 Å². The molecule has 1 aromatic heterocycles. The Hall–Kier alpha value is -1.35. The Morgan fingerprint density at radius 1 is 1.06 bits per heavy atom. The van der Waals surface area contributed by atoms with Crippen LogP contribution in [0.1, 0.15) is 16.7 Å². The van der Waals surface area contributed by atoms with E-state index in [0.29, 0.717) is 0 Å². The van der Waals surface area contributed by atoms with Crippen molar-refractivity contribution < 1.29 is 0 Å². The molecule has 0 radical (unpaired) electrons. The first kappa shape index (κ1) is 11.1. The van der Waals surface area contributed by atoms with Crippen LogP contribution in [0.4, 0.5) is 5.13 Å². The fourth-order valence-electron chi connectivity index (χ4n) is 1.75. The van der Waals surface area contributed by atoms with Gasteiger partial charge >= 0.3 is 0 Å². The van der Waals surface area contributed by atoms with Crippen LogP contribution >= 0.6 is 11.3 Å². The van der Waals surface area contributed by atoms with Gasteiger partial charge in [-0.15, -0.1) is 11.3 Å². The Kier molecular flexibility index (Phi) is 2.97. The SMILES string of the molecule is CNc1nc(-c2cc(C)c(C)cc2C)cs1. The van der Waals surface area contributed by atoms with Crippen LogP contribution in [0.25, 0.3) is 11.3 Å². The van der Waals surface area contributed by atoms with Gasteiger partial charge in [0, 0.05) is 18.0 Å². The zero-order valence-corrected chi connectivity index (χ0v) is 10.9. The molecule has 0 amide bonds. The molecule has 0 atom stereocenters. The molecule has 1 aromatic carbocycles. The summed E-state index contributed by atoms with van der Waals surface area (Å²) in [5.41, 5.74) is 6.25. The summed E-state index contributed by atoms with van der Waals surface area (Å²) in [4.78, 5) is 4.54. The second-order valence-electron chi connectivity index (χ2n) is 4.04. The number of benzene rings is 1. The number of rotatable bonds is 2. The van der Waals surface area contributed by atoms with Crippen molar-refractivity contribution in [2.45, 2.75) is 20.8 Å². The lowest BCUT2D eigenvalue weighted by Crippen LogP contribution is -1.90. The van der Waals surface area contributed by atoms with Crippen molar-refractivity contribution in [2.24, 2.45) is 0 Å². The number of nitrogens with zero attached hydrogens (tertiary/aromatic N) is 1. The molecule has 0 saturated heterocycles. The van der Waals surface area contributed by atoms with E-state index in [9.17, 15) is 0 Å². The van der Waals surface area contributed by atoms with Crippen LogP contribution in [0.15, 0.2) is 17.5 Å². The van der Waals surface area contributed by atoms with Crippen molar-refractivity contribution in [3.05, 3.63) is 34.2 Å². The Morgan fingerprint density at radius 2 is 1.75 bits per heavy atom. The van der Waals surface area contributed by atoms with Crippen molar-refractivity contribution >= 4 is 16.5 Å². The number of nitrogens with one attached hydrogen (secondary N) is 1. The van der Waals surface area contributed by atoms with Gasteiger partial charge in [0.25, 0.3) is 0 Å². The summed E-state index contributed by atoms with van der Waals surface area (Å²) in [5, 5.41) is 6.14. The molecule has 2 aromatic rings. The third kappa shape index (κ3) is 1.95. The monoisotopic (exact) mass is 232 g/mol. The molecule has 2 rings (SSSR count). The Labute approximate surface area is 100 Å². The highest BCUT2D eigenvalue weighted by molar-refractivity contribution is 7.14. The standard InChI is InChI=1S/C13H16N2S/c1-8-5-10(3)11(6-9(8)2)12-7-16-13(14-4)15-12/h5-7H,1-4H3,(H,14,15). The summed E-state index contributed by atoms with van der Waals surface area (Å²) in [6.07, 6.45) is 0. The van der Waals surface area contributed by atoms with Crippen LogP contribution in [0, 0.1) is 20.8 Å². The van der Waals surface area contributed by atoms with Crippen molar-refractivity contribution in [2.75, 3.05) is 12.4 Å². The van der Waals surface area contributed by atoms with Gasteiger partial charge in [0.1, 0.15) is 0 Å². The normalized spacial score (nSPS) is 10.5. The van der Waals surface area contributed by atoms with E-state index in [-0.39, 0.29) is 0 Å². The molecule has 0 aliphatic heterocycles. The summed E-state index contributed by atoms with van der Waals surface area (Å²) in [6.45, 7) is 6.43. The lowest BCUT2D eigenvalue weighted by atomic mass is 9.99. The predicted molar refractivity (Wildman–Crippen MR) is 71.3 cm³/mol. The number of hydrogen-bond donors (Lipinski definition) is 1. The van der Waals surface area contributed by atoms with E-state index in [0.717, 1.165) is 10.8 Å². The molecule has 3 heteroatoms. The number of aryl methyl sites for hydroxylation is 3. The molecular weight excluding hydrogens is 216 g/mol. The summed E-state index contributed by atoms with van der Waals surface area (Å²) in [5.74, 6) is 0. The molecule has 16 heavy (non-hydrogen) atoms. The quantitative estimate of drug-likeness (QED) is 0.852. The molecule has 0 fully saturated rings. The molecular formula is C13H16N2S. The van der Waals surface area contributed by atoms with E-state index in [2.05, 4.69) is 48.6 Å². The third-order valence-electron chi connectivity index (χ3n) is 2.83. The highest BCUT2D eigenvalue weighted by atomic mass is 32.1. The van der Waals surface area contributed by atoms with E-state index in [4.69, 9.17) is 0 Å². The van der Waals surface area contributed by atoms with Gasteiger partial charge in [0.2, 0.25) is 0 Å². The highest BCUT2D eigenvalue weighted by Crippen LogP contribution is 2.29. The topological polar surface area (TPSA) is 24.9 Å². The first-order valence-corrected chi connectivity index (χ1v) is 6.21. The predicted octanol–water partition coefficient (Wildman–Crippen LogP) is 3.78. The molecule has 0 bridgehead atoms. The number of anilines is 1. The van der Waals surface area contributed by atoms with E-state index in [1.807, 2.05) is 7.05 Å². The van der Waals surface area contributed by atoms with Crippen LogP contribution in [-0.4, -0.2) is 12.0 Å². The zero-order valence-electron chi connectivity index (χ0n) is 10.1. The van der Waals surface area contributed by atoms with Crippen LogP contribution < -0.4 is 5.32 Å². The molecule has 0 aliphatic rings. The van der Waals surface area contributed by atoms with Crippen LogP contribution in [-0.2, 0) is 0 Å². The summed E-state index contributed by atoms with van der Waals surface area (Å²) >= 11 is 1.64. The maximum absolute atomic E-state index is 4.54. The maximum atomic E-state index is 4.54. The Balaban J connectivity index is 2.51. The molecule has 2 nitrogen and oxygen atoms in total. The van der Waals surface area contributed by atoms with Crippen molar-refractivity contribution in [3.8, 4) is 11.3 Å². The lowest BCUT2D eigenvalue weighted by Gasteiger charge is -2.07.